The van der Waals surface area contributed by atoms with Crippen LogP contribution in [0.15, 0.2) is 5.16 Å². The molecular weight excluding hydrogens is 223 g/mol. The van der Waals surface area contributed by atoms with Crippen LogP contribution in [0.1, 0.15) is 26.2 Å². The SMILES string of the molecule is CCCN(CCCC(F)(F)F)CC(N)=NO. The number of nitrogens with zero attached hydrogens (tertiary/aromatic N) is 2. The molecule has 0 saturated heterocycles. The lowest BCUT2D eigenvalue weighted by Crippen LogP contribution is -2.35. The number of oxime groups is 1. The van der Waals surface area contributed by atoms with Crippen molar-refractivity contribution >= 4 is 5.84 Å². The molecule has 0 amide bonds. The van der Waals surface area contributed by atoms with Gasteiger partial charge in [-0.3, -0.25) is 4.90 Å². The number of rotatable bonds is 7. The summed E-state index contributed by atoms with van der Waals surface area (Å²) in [5.41, 5.74) is 5.30. The predicted molar refractivity (Wildman–Crippen MR) is 55.4 cm³/mol. The maximum atomic E-state index is 11.9. The molecule has 0 unspecified atom stereocenters. The minimum absolute atomic E-state index is 0.0143. The molecule has 0 aromatic carbocycles. The lowest BCUT2D eigenvalue weighted by atomic mass is 10.2. The highest BCUT2D eigenvalue weighted by Crippen LogP contribution is 2.21. The zero-order chi connectivity index (χ0) is 12.6. The maximum Gasteiger partial charge on any atom is 0.389 e. The van der Waals surface area contributed by atoms with E-state index < -0.39 is 12.6 Å². The van der Waals surface area contributed by atoms with Gasteiger partial charge in [-0.1, -0.05) is 12.1 Å². The first-order valence-electron chi connectivity index (χ1n) is 5.14. The van der Waals surface area contributed by atoms with Crippen LogP contribution in [0.2, 0.25) is 0 Å². The molecule has 0 aromatic heterocycles. The number of hydrogen-bond acceptors (Lipinski definition) is 3. The molecule has 0 atom stereocenters. The average molecular weight is 241 g/mol. The van der Waals surface area contributed by atoms with Crippen molar-refractivity contribution < 1.29 is 18.4 Å². The van der Waals surface area contributed by atoms with Gasteiger partial charge in [0, 0.05) is 6.42 Å². The number of alkyl halides is 3. The minimum atomic E-state index is -4.12. The highest BCUT2D eigenvalue weighted by molar-refractivity contribution is 5.81. The first-order chi connectivity index (χ1) is 7.39. The molecule has 0 bridgehead atoms. The summed E-state index contributed by atoms with van der Waals surface area (Å²) in [4.78, 5) is 1.74. The molecule has 0 fully saturated rings. The number of amidine groups is 1. The molecular formula is C9H18F3N3O. The normalized spacial score (nSPS) is 13.4. The standard InChI is InChI=1S/C9H18F3N3O/c1-2-5-15(7-8(13)14-16)6-3-4-9(10,11)12/h16H,2-7H2,1H3,(H2,13,14). The van der Waals surface area contributed by atoms with Gasteiger partial charge in [0.25, 0.3) is 0 Å². The van der Waals surface area contributed by atoms with E-state index in [2.05, 4.69) is 5.16 Å². The zero-order valence-electron chi connectivity index (χ0n) is 9.30. The van der Waals surface area contributed by atoms with Crippen LogP contribution in [-0.4, -0.2) is 41.8 Å². The van der Waals surface area contributed by atoms with Crippen molar-refractivity contribution in [1.29, 1.82) is 0 Å². The van der Waals surface area contributed by atoms with Crippen molar-refractivity contribution in [2.45, 2.75) is 32.4 Å². The van der Waals surface area contributed by atoms with E-state index in [9.17, 15) is 13.2 Å². The Kier molecular flexibility index (Phi) is 6.87. The molecule has 0 aliphatic carbocycles. The van der Waals surface area contributed by atoms with Gasteiger partial charge in [0.1, 0.15) is 0 Å². The molecule has 0 radical (unpaired) electrons. The van der Waals surface area contributed by atoms with Crippen molar-refractivity contribution in [3.05, 3.63) is 0 Å². The van der Waals surface area contributed by atoms with E-state index in [4.69, 9.17) is 10.9 Å². The van der Waals surface area contributed by atoms with Crippen LogP contribution in [0.3, 0.4) is 0 Å². The lowest BCUT2D eigenvalue weighted by molar-refractivity contribution is -0.136. The van der Waals surface area contributed by atoms with Crippen LogP contribution in [-0.2, 0) is 0 Å². The molecule has 0 saturated carbocycles. The van der Waals surface area contributed by atoms with Gasteiger partial charge in [0.05, 0.1) is 6.54 Å². The molecule has 0 spiro atoms. The molecule has 0 rings (SSSR count). The Hall–Kier alpha value is -0.980. The summed E-state index contributed by atoms with van der Waals surface area (Å²) in [5, 5.41) is 11.2. The van der Waals surface area contributed by atoms with Crippen LogP contribution >= 0.6 is 0 Å². The number of hydrogen-bond donors (Lipinski definition) is 2. The molecule has 96 valence electrons. The summed E-state index contributed by atoms with van der Waals surface area (Å²) in [6, 6.07) is 0. The van der Waals surface area contributed by atoms with E-state index >= 15 is 0 Å². The van der Waals surface area contributed by atoms with Crippen LogP contribution in [0, 0.1) is 0 Å². The third-order valence-corrected chi connectivity index (χ3v) is 1.99. The van der Waals surface area contributed by atoms with Crippen LogP contribution in [0.25, 0.3) is 0 Å². The Balaban J connectivity index is 3.94. The summed E-state index contributed by atoms with van der Waals surface area (Å²) in [6.45, 7) is 3.04. The molecule has 0 heterocycles. The second-order valence-corrected chi connectivity index (χ2v) is 3.59. The highest BCUT2D eigenvalue weighted by Gasteiger charge is 2.26. The molecule has 16 heavy (non-hydrogen) atoms. The van der Waals surface area contributed by atoms with Gasteiger partial charge in [-0.15, -0.1) is 0 Å². The van der Waals surface area contributed by atoms with E-state index in [1.165, 1.54) is 0 Å². The zero-order valence-corrected chi connectivity index (χ0v) is 9.30. The topological polar surface area (TPSA) is 61.8 Å². The Morgan fingerprint density at radius 1 is 1.38 bits per heavy atom. The van der Waals surface area contributed by atoms with Gasteiger partial charge >= 0.3 is 6.18 Å². The average Bonchev–Trinajstić information content (AvgIpc) is 2.15. The number of halogens is 3. The van der Waals surface area contributed by atoms with Gasteiger partial charge < -0.3 is 10.9 Å². The maximum absolute atomic E-state index is 11.9. The van der Waals surface area contributed by atoms with Crippen molar-refractivity contribution in [2.75, 3.05) is 19.6 Å². The Labute approximate surface area is 92.9 Å². The van der Waals surface area contributed by atoms with E-state index in [0.717, 1.165) is 6.42 Å². The van der Waals surface area contributed by atoms with E-state index in [-0.39, 0.29) is 18.8 Å². The summed E-state index contributed by atoms with van der Waals surface area (Å²) in [5.74, 6) is 0.0143. The second-order valence-electron chi connectivity index (χ2n) is 3.59. The Morgan fingerprint density at radius 2 is 2.00 bits per heavy atom. The van der Waals surface area contributed by atoms with Gasteiger partial charge in [-0.05, 0) is 25.9 Å². The summed E-state index contributed by atoms with van der Waals surface area (Å²) >= 11 is 0. The van der Waals surface area contributed by atoms with Crippen LogP contribution < -0.4 is 5.73 Å². The van der Waals surface area contributed by atoms with Crippen molar-refractivity contribution in [3.8, 4) is 0 Å². The van der Waals surface area contributed by atoms with Gasteiger partial charge in [-0.2, -0.15) is 13.2 Å². The van der Waals surface area contributed by atoms with Crippen LogP contribution in [0.4, 0.5) is 13.2 Å². The van der Waals surface area contributed by atoms with E-state index in [1.54, 1.807) is 4.90 Å². The summed E-state index contributed by atoms with van der Waals surface area (Å²) in [6.07, 6.45) is -4.08. The Bertz CT molecular complexity index is 219. The van der Waals surface area contributed by atoms with Crippen LogP contribution in [0.5, 0.6) is 0 Å². The van der Waals surface area contributed by atoms with Gasteiger partial charge in [-0.25, -0.2) is 0 Å². The first kappa shape index (κ1) is 15.0. The fourth-order valence-electron chi connectivity index (χ4n) is 1.35. The minimum Gasteiger partial charge on any atom is -0.409 e. The summed E-state index contributed by atoms with van der Waals surface area (Å²) < 4.78 is 35.7. The summed E-state index contributed by atoms with van der Waals surface area (Å²) in [7, 11) is 0. The molecule has 0 aromatic rings. The fourth-order valence-corrected chi connectivity index (χ4v) is 1.35. The predicted octanol–water partition coefficient (Wildman–Crippen LogP) is 1.79. The van der Waals surface area contributed by atoms with E-state index in [0.29, 0.717) is 13.1 Å². The monoisotopic (exact) mass is 241 g/mol. The van der Waals surface area contributed by atoms with Crippen molar-refractivity contribution in [2.24, 2.45) is 10.9 Å². The Morgan fingerprint density at radius 3 is 2.44 bits per heavy atom. The van der Waals surface area contributed by atoms with Gasteiger partial charge in [0.15, 0.2) is 5.84 Å². The second kappa shape index (κ2) is 7.32. The molecule has 0 aliphatic rings. The lowest BCUT2D eigenvalue weighted by Gasteiger charge is -2.20. The third-order valence-electron chi connectivity index (χ3n) is 1.99. The largest absolute Gasteiger partial charge is 0.409 e. The first-order valence-corrected chi connectivity index (χ1v) is 5.14. The molecule has 4 nitrogen and oxygen atoms in total. The van der Waals surface area contributed by atoms with Crippen molar-refractivity contribution in [3.63, 3.8) is 0 Å². The molecule has 7 heteroatoms. The van der Waals surface area contributed by atoms with Gasteiger partial charge in [0.2, 0.25) is 0 Å². The third kappa shape index (κ3) is 8.34. The molecule has 3 N–H and O–H groups in total. The van der Waals surface area contributed by atoms with E-state index in [1.807, 2.05) is 6.92 Å². The fraction of sp³-hybridized carbons (Fsp3) is 0.889. The number of nitrogens with two attached hydrogens (primary N) is 1. The molecule has 0 aliphatic heterocycles. The smallest absolute Gasteiger partial charge is 0.389 e. The quantitative estimate of drug-likeness (QED) is 0.309. The highest BCUT2D eigenvalue weighted by atomic mass is 19.4. The van der Waals surface area contributed by atoms with Crippen molar-refractivity contribution in [1.82, 2.24) is 4.90 Å².